The maximum absolute atomic E-state index is 12.6. The smallest absolute Gasteiger partial charge is 0.337 e. The zero-order chi connectivity index (χ0) is 12.7. The largest absolute Gasteiger partial charge is 0.415 e. The number of nitrogens with zero attached hydrogens (tertiary/aromatic N) is 2. The van der Waals surface area contributed by atoms with E-state index < -0.39 is 17.6 Å². The normalized spacial score (nSPS) is 15.8. The van der Waals surface area contributed by atoms with Crippen LogP contribution in [0.2, 0.25) is 0 Å². The fourth-order valence-corrected chi connectivity index (χ4v) is 1.70. The van der Waals surface area contributed by atoms with Crippen molar-refractivity contribution in [3.63, 3.8) is 0 Å². The van der Waals surface area contributed by atoms with E-state index in [1.165, 1.54) is 11.3 Å². The summed E-state index contributed by atoms with van der Waals surface area (Å²) in [6.07, 6.45) is -4.65. The molecule has 0 amide bonds. The summed E-state index contributed by atoms with van der Waals surface area (Å²) in [6, 6.07) is 1.68. The van der Waals surface area contributed by atoms with Gasteiger partial charge in [-0.2, -0.15) is 29.5 Å². The molecule has 4 nitrogen and oxygen atoms in total. The van der Waals surface area contributed by atoms with E-state index >= 15 is 0 Å². The van der Waals surface area contributed by atoms with Crippen LogP contribution in [0.1, 0.15) is 12.8 Å². The van der Waals surface area contributed by atoms with Crippen LogP contribution in [0.4, 0.5) is 13.2 Å². The van der Waals surface area contributed by atoms with Crippen LogP contribution in [0.5, 0.6) is 0 Å². The van der Waals surface area contributed by atoms with Crippen molar-refractivity contribution in [1.82, 2.24) is 10.1 Å². The van der Waals surface area contributed by atoms with E-state index in [2.05, 4.69) is 14.7 Å². The van der Waals surface area contributed by atoms with Crippen molar-refractivity contribution in [1.29, 1.82) is 0 Å². The Balaban J connectivity index is 2.37. The second-order valence-corrected chi connectivity index (χ2v) is 4.42. The average Bonchev–Trinajstić information content (AvgIpc) is 2.87. The molecule has 0 aliphatic heterocycles. The average molecular weight is 263 g/mol. The van der Waals surface area contributed by atoms with Crippen molar-refractivity contribution in [3.05, 3.63) is 22.7 Å². The van der Waals surface area contributed by atoms with E-state index in [1.807, 2.05) is 0 Å². The highest BCUT2D eigenvalue weighted by atomic mass is 32.1. The van der Waals surface area contributed by atoms with Crippen molar-refractivity contribution in [2.75, 3.05) is 0 Å². The third kappa shape index (κ3) is 2.05. The van der Waals surface area contributed by atoms with Crippen molar-refractivity contribution in [3.8, 4) is 11.4 Å². The first-order chi connectivity index (χ1) is 7.82. The predicted molar refractivity (Wildman–Crippen MR) is 55.2 cm³/mol. The van der Waals surface area contributed by atoms with Gasteiger partial charge in [-0.3, -0.25) is 0 Å². The first-order valence-electron chi connectivity index (χ1n) is 4.55. The molecule has 0 saturated carbocycles. The van der Waals surface area contributed by atoms with Crippen LogP contribution < -0.4 is 5.73 Å². The van der Waals surface area contributed by atoms with Crippen LogP contribution in [0.25, 0.3) is 11.4 Å². The number of halogens is 3. The minimum absolute atomic E-state index is 0.0992. The molecule has 0 radical (unpaired) electrons. The van der Waals surface area contributed by atoms with Crippen LogP contribution in [0, 0.1) is 0 Å². The van der Waals surface area contributed by atoms with Crippen molar-refractivity contribution >= 4 is 11.3 Å². The topological polar surface area (TPSA) is 64.9 Å². The molecule has 92 valence electrons. The minimum Gasteiger partial charge on any atom is -0.337 e. The summed E-state index contributed by atoms with van der Waals surface area (Å²) in [7, 11) is 0. The fourth-order valence-electron chi connectivity index (χ4n) is 1.06. The molecule has 2 aromatic heterocycles. The van der Waals surface area contributed by atoms with E-state index in [1.54, 1.807) is 16.8 Å². The summed E-state index contributed by atoms with van der Waals surface area (Å²) in [5, 5.41) is 6.94. The van der Waals surface area contributed by atoms with E-state index in [4.69, 9.17) is 5.73 Å². The zero-order valence-electron chi connectivity index (χ0n) is 8.65. The van der Waals surface area contributed by atoms with Gasteiger partial charge in [0.15, 0.2) is 5.54 Å². The van der Waals surface area contributed by atoms with Gasteiger partial charge in [0.05, 0.1) is 0 Å². The third-order valence-corrected chi connectivity index (χ3v) is 2.92. The standard InChI is InChI=1S/C9H8F3N3OS/c1-8(13,9(10,11)12)7-14-6(15-16-7)5-2-3-17-4-5/h2-4H,13H2,1H3. The van der Waals surface area contributed by atoms with E-state index in [0.29, 0.717) is 5.56 Å². The molecule has 17 heavy (non-hydrogen) atoms. The lowest BCUT2D eigenvalue weighted by Crippen LogP contribution is -2.47. The first kappa shape index (κ1) is 12.1. The lowest BCUT2D eigenvalue weighted by Gasteiger charge is -2.22. The summed E-state index contributed by atoms with van der Waals surface area (Å²) >= 11 is 1.38. The van der Waals surface area contributed by atoms with Crippen LogP contribution in [-0.4, -0.2) is 16.3 Å². The highest BCUT2D eigenvalue weighted by molar-refractivity contribution is 7.08. The molecule has 0 aromatic carbocycles. The SMILES string of the molecule is CC(N)(c1nc(-c2ccsc2)no1)C(F)(F)F. The Morgan fingerprint density at radius 2 is 2.12 bits per heavy atom. The molecule has 2 N–H and O–H groups in total. The summed E-state index contributed by atoms with van der Waals surface area (Å²) in [4.78, 5) is 3.67. The molecule has 2 heterocycles. The number of rotatable bonds is 2. The summed E-state index contributed by atoms with van der Waals surface area (Å²) in [5.41, 5.74) is 3.12. The Labute approximate surface area is 98.2 Å². The van der Waals surface area contributed by atoms with Crippen LogP contribution in [0.15, 0.2) is 21.3 Å². The predicted octanol–water partition coefficient (Wildman–Crippen LogP) is 2.53. The third-order valence-electron chi connectivity index (χ3n) is 2.24. The zero-order valence-corrected chi connectivity index (χ0v) is 9.47. The molecule has 8 heteroatoms. The Hall–Kier alpha value is -1.41. The van der Waals surface area contributed by atoms with Crippen LogP contribution >= 0.6 is 11.3 Å². The summed E-state index contributed by atoms with van der Waals surface area (Å²) in [6.45, 7) is 0.790. The molecule has 0 bridgehead atoms. The second-order valence-electron chi connectivity index (χ2n) is 3.64. The Kier molecular flexibility index (Phi) is 2.70. The number of hydrogen-bond donors (Lipinski definition) is 1. The van der Waals surface area contributed by atoms with E-state index in [-0.39, 0.29) is 5.82 Å². The van der Waals surface area contributed by atoms with Gasteiger partial charge in [-0.05, 0) is 18.4 Å². The minimum atomic E-state index is -4.65. The molecule has 0 spiro atoms. The summed E-state index contributed by atoms with van der Waals surface area (Å²) < 4.78 is 42.4. The Morgan fingerprint density at radius 1 is 1.41 bits per heavy atom. The monoisotopic (exact) mass is 263 g/mol. The van der Waals surface area contributed by atoms with Gasteiger partial charge in [0.25, 0.3) is 5.89 Å². The van der Waals surface area contributed by atoms with Gasteiger partial charge in [0.2, 0.25) is 5.82 Å². The lowest BCUT2D eigenvalue weighted by molar-refractivity contribution is -0.190. The van der Waals surface area contributed by atoms with Crippen molar-refractivity contribution < 1.29 is 17.7 Å². The van der Waals surface area contributed by atoms with Crippen molar-refractivity contribution in [2.45, 2.75) is 18.6 Å². The van der Waals surface area contributed by atoms with Gasteiger partial charge in [-0.15, -0.1) is 0 Å². The van der Waals surface area contributed by atoms with Crippen molar-refractivity contribution in [2.24, 2.45) is 5.73 Å². The highest BCUT2D eigenvalue weighted by Gasteiger charge is 2.53. The van der Waals surface area contributed by atoms with E-state index in [0.717, 1.165) is 6.92 Å². The number of aromatic nitrogens is 2. The number of alkyl halides is 3. The molecule has 0 saturated heterocycles. The molecule has 2 rings (SSSR count). The Morgan fingerprint density at radius 3 is 2.65 bits per heavy atom. The van der Waals surface area contributed by atoms with Gasteiger partial charge >= 0.3 is 6.18 Å². The van der Waals surface area contributed by atoms with Gasteiger partial charge in [-0.1, -0.05) is 5.16 Å². The molecule has 0 fully saturated rings. The lowest BCUT2D eigenvalue weighted by atomic mass is 10.0. The molecular formula is C9H8F3N3OS. The van der Waals surface area contributed by atoms with Gasteiger partial charge in [0.1, 0.15) is 0 Å². The molecule has 1 unspecified atom stereocenters. The van der Waals surface area contributed by atoms with E-state index in [9.17, 15) is 13.2 Å². The van der Waals surface area contributed by atoms with Crippen LogP contribution in [0.3, 0.4) is 0 Å². The maximum Gasteiger partial charge on any atom is 0.415 e. The van der Waals surface area contributed by atoms with Gasteiger partial charge < -0.3 is 10.3 Å². The quantitative estimate of drug-likeness (QED) is 0.904. The van der Waals surface area contributed by atoms with Gasteiger partial charge in [-0.25, -0.2) is 0 Å². The molecule has 1 atom stereocenters. The molecule has 0 aliphatic rings. The summed E-state index contributed by atoms with van der Waals surface area (Å²) in [5.74, 6) is -0.548. The number of nitrogens with two attached hydrogens (primary N) is 1. The molecule has 0 aliphatic carbocycles. The maximum atomic E-state index is 12.6. The molecule has 2 aromatic rings. The Bertz CT molecular complexity index is 504. The van der Waals surface area contributed by atoms with Crippen LogP contribution in [-0.2, 0) is 5.54 Å². The molecular weight excluding hydrogens is 255 g/mol. The second kappa shape index (κ2) is 3.81. The highest BCUT2D eigenvalue weighted by Crippen LogP contribution is 2.36. The first-order valence-corrected chi connectivity index (χ1v) is 5.49. The number of hydrogen-bond acceptors (Lipinski definition) is 5. The van der Waals surface area contributed by atoms with Gasteiger partial charge in [0, 0.05) is 10.9 Å². The fraction of sp³-hybridized carbons (Fsp3) is 0.333. The number of thiophene rings is 1.